The second kappa shape index (κ2) is 8.08. The lowest BCUT2D eigenvalue weighted by Gasteiger charge is -2.17. The maximum Gasteiger partial charge on any atom is 0.251 e. The Morgan fingerprint density at radius 2 is 1.61 bits per heavy atom. The minimum Gasteiger partial charge on any atom is -0.384 e. The Hall–Kier alpha value is -3.58. The van der Waals surface area contributed by atoms with Crippen LogP contribution in [0.1, 0.15) is 74.9 Å². The van der Waals surface area contributed by atoms with E-state index >= 15 is 0 Å². The van der Waals surface area contributed by atoms with Crippen molar-refractivity contribution in [1.29, 1.82) is 5.41 Å². The molecule has 2 atom stereocenters. The first-order valence-electron chi connectivity index (χ1n) is 10.9. The van der Waals surface area contributed by atoms with Crippen LogP contribution in [-0.2, 0) is 17.7 Å². The smallest absolute Gasteiger partial charge is 0.251 e. The summed E-state index contributed by atoms with van der Waals surface area (Å²) in [7, 11) is 0. The van der Waals surface area contributed by atoms with Crippen molar-refractivity contribution in [2.75, 3.05) is 0 Å². The van der Waals surface area contributed by atoms with E-state index in [4.69, 9.17) is 15.9 Å². The number of carbonyl (C=O) groups is 1. The number of fused-ring (bicyclic) bond motifs is 8. The number of nitrogens with one attached hydrogen (secondary N) is 2. The molecule has 4 N–H and O–H groups in total. The van der Waals surface area contributed by atoms with Crippen molar-refractivity contribution in [2.45, 2.75) is 38.5 Å². The number of benzene rings is 3. The second-order valence-electron chi connectivity index (χ2n) is 8.47. The van der Waals surface area contributed by atoms with E-state index in [1.54, 1.807) is 12.1 Å². The molecule has 2 aliphatic rings. The van der Waals surface area contributed by atoms with Gasteiger partial charge in [-0.25, -0.2) is 8.78 Å². The van der Waals surface area contributed by atoms with Crippen LogP contribution in [0.15, 0.2) is 48.5 Å². The number of nitrogen functional groups attached to an aromatic ring is 1. The van der Waals surface area contributed by atoms with Crippen LogP contribution in [0, 0.1) is 17.0 Å². The van der Waals surface area contributed by atoms with Gasteiger partial charge in [0.15, 0.2) is 0 Å². The van der Waals surface area contributed by atoms with Gasteiger partial charge in [-0.3, -0.25) is 10.2 Å². The van der Waals surface area contributed by atoms with Crippen molar-refractivity contribution in [2.24, 2.45) is 5.73 Å². The van der Waals surface area contributed by atoms with E-state index in [1.807, 2.05) is 6.07 Å². The summed E-state index contributed by atoms with van der Waals surface area (Å²) < 4.78 is 34.8. The Labute approximate surface area is 190 Å². The number of nitrogens with two attached hydrogens (primary N) is 1. The number of rotatable bonds is 6. The Kier molecular flexibility index (Phi) is 5.21. The van der Waals surface area contributed by atoms with Gasteiger partial charge in [-0.15, -0.1) is 0 Å². The van der Waals surface area contributed by atoms with Gasteiger partial charge in [0.1, 0.15) is 29.7 Å². The molecule has 0 unspecified atom stereocenters. The van der Waals surface area contributed by atoms with E-state index in [2.05, 4.69) is 30.4 Å². The predicted molar refractivity (Wildman–Crippen MR) is 120 cm³/mol. The summed E-state index contributed by atoms with van der Waals surface area (Å²) in [6.45, 7) is 1.82. The average molecular weight is 447 g/mol. The number of aryl methyl sites for hydroxylation is 1. The van der Waals surface area contributed by atoms with Crippen molar-refractivity contribution in [1.82, 2.24) is 5.32 Å². The van der Waals surface area contributed by atoms with Crippen molar-refractivity contribution in [3.63, 3.8) is 0 Å². The lowest BCUT2D eigenvalue weighted by molar-refractivity contribution is 0.0857. The highest BCUT2D eigenvalue weighted by Gasteiger charge is 2.42. The number of hydrogen-bond acceptors (Lipinski definition) is 3. The normalized spacial score (nSPS) is 17.5. The zero-order valence-corrected chi connectivity index (χ0v) is 18.0. The molecular formula is C26H23F2N3O2. The summed E-state index contributed by atoms with van der Waals surface area (Å²) in [6.07, 6.45) is 1.72. The van der Waals surface area contributed by atoms with Crippen molar-refractivity contribution < 1.29 is 18.3 Å². The third kappa shape index (κ3) is 3.58. The SMILES string of the molecule is CCCc1ccc2c(c1)[C@H]1O[C@@H]2c2ccc(C(=O)NCc3c(F)cc(C(=N)N)cc3F)cc21. The Balaban J connectivity index is 1.36. The van der Waals surface area contributed by atoms with E-state index in [0.717, 1.165) is 41.7 Å². The zero-order valence-electron chi connectivity index (χ0n) is 18.0. The molecule has 2 heterocycles. The molecule has 0 aliphatic carbocycles. The average Bonchev–Trinajstić information content (AvgIpc) is 3.35. The number of amides is 1. The van der Waals surface area contributed by atoms with E-state index in [9.17, 15) is 13.6 Å². The maximum atomic E-state index is 14.3. The van der Waals surface area contributed by atoms with Crippen LogP contribution in [0.5, 0.6) is 0 Å². The van der Waals surface area contributed by atoms with Crippen LogP contribution < -0.4 is 11.1 Å². The van der Waals surface area contributed by atoms with Crippen LogP contribution in [0.4, 0.5) is 8.78 Å². The molecule has 168 valence electrons. The summed E-state index contributed by atoms with van der Waals surface area (Å²) in [6, 6.07) is 13.8. The molecule has 33 heavy (non-hydrogen) atoms. The van der Waals surface area contributed by atoms with Gasteiger partial charge in [-0.2, -0.15) is 0 Å². The molecule has 0 radical (unpaired) electrons. The molecule has 0 spiro atoms. The lowest BCUT2D eigenvalue weighted by Crippen LogP contribution is -2.24. The molecule has 2 aliphatic heterocycles. The molecule has 3 aromatic carbocycles. The van der Waals surface area contributed by atoms with Crippen LogP contribution in [0.3, 0.4) is 0 Å². The fraction of sp³-hybridized carbons (Fsp3) is 0.231. The van der Waals surface area contributed by atoms with E-state index in [-0.39, 0.29) is 29.9 Å². The number of hydrogen-bond donors (Lipinski definition) is 3. The first-order valence-corrected chi connectivity index (χ1v) is 10.9. The van der Waals surface area contributed by atoms with Crippen molar-refractivity contribution >= 4 is 11.7 Å². The molecule has 0 saturated heterocycles. The topological polar surface area (TPSA) is 88.2 Å². The van der Waals surface area contributed by atoms with Crippen LogP contribution in [0.25, 0.3) is 0 Å². The second-order valence-corrected chi connectivity index (χ2v) is 8.47. The monoisotopic (exact) mass is 447 g/mol. The quantitative estimate of drug-likeness (QED) is 0.380. The first-order chi connectivity index (χ1) is 15.9. The molecule has 7 heteroatoms. The molecule has 3 aromatic rings. The van der Waals surface area contributed by atoms with Gasteiger partial charge in [0, 0.05) is 23.2 Å². The summed E-state index contributed by atoms with van der Waals surface area (Å²) >= 11 is 0. The summed E-state index contributed by atoms with van der Waals surface area (Å²) in [5.74, 6) is -2.59. The minimum atomic E-state index is -0.861. The van der Waals surface area contributed by atoms with Crippen molar-refractivity contribution in [3.8, 4) is 0 Å². The summed E-state index contributed by atoms with van der Waals surface area (Å²) in [5.41, 5.74) is 10.9. The number of ether oxygens (including phenoxy) is 1. The molecule has 5 nitrogen and oxygen atoms in total. The van der Waals surface area contributed by atoms with E-state index in [0.29, 0.717) is 5.56 Å². The van der Waals surface area contributed by atoms with Crippen LogP contribution in [-0.4, -0.2) is 11.7 Å². The molecule has 0 fully saturated rings. The van der Waals surface area contributed by atoms with E-state index < -0.39 is 23.4 Å². The number of amidine groups is 1. The number of carbonyl (C=O) groups excluding carboxylic acids is 1. The summed E-state index contributed by atoms with van der Waals surface area (Å²) in [4.78, 5) is 12.8. The summed E-state index contributed by atoms with van der Waals surface area (Å²) in [5, 5.41) is 9.90. The van der Waals surface area contributed by atoms with Crippen LogP contribution in [0.2, 0.25) is 0 Å². The first kappa shape index (κ1) is 21.3. The molecule has 2 bridgehead atoms. The third-order valence-electron chi connectivity index (χ3n) is 6.32. The Morgan fingerprint density at radius 3 is 2.27 bits per heavy atom. The van der Waals surface area contributed by atoms with Crippen molar-refractivity contribution in [3.05, 3.63) is 105 Å². The number of halogens is 2. The third-order valence-corrected chi connectivity index (χ3v) is 6.32. The van der Waals surface area contributed by atoms with Gasteiger partial charge in [0.2, 0.25) is 0 Å². The molecular weight excluding hydrogens is 424 g/mol. The molecule has 0 saturated carbocycles. The molecule has 0 aromatic heterocycles. The van der Waals surface area contributed by atoms with Gasteiger partial charge in [-0.05, 0) is 58.5 Å². The van der Waals surface area contributed by atoms with Gasteiger partial charge >= 0.3 is 0 Å². The largest absolute Gasteiger partial charge is 0.384 e. The van der Waals surface area contributed by atoms with Gasteiger partial charge in [0.25, 0.3) is 5.91 Å². The predicted octanol–water partition coefficient (Wildman–Crippen LogP) is 4.65. The fourth-order valence-corrected chi connectivity index (χ4v) is 4.68. The van der Waals surface area contributed by atoms with Crippen LogP contribution >= 0.6 is 0 Å². The van der Waals surface area contributed by atoms with Gasteiger partial charge < -0.3 is 15.8 Å². The maximum absolute atomic E-state index is 14.3. The Morgan fingerprint density at radius 1 is 0.970 bits per heavy atom. The van der Waals surface area contributed by atoms with Gasteiger partial charge in [-0.1, -0.05) is 37.6 Å². The highest BCUT2D eigenvalue weighted by Crippen LogP contribution is 2.54. The minimum absolute atomic E-state index is 0.0453. The lowest BCUT2D eigenvalue weighted by atomic mass is 9.84. The fourth-order valence-electron chi connectivity index (χ4n) is 4.68. The van der Waals surface area contributed by atoms with Gasteiger partial charge in [0.05, 0.1) is 0 Å². The highest BCUT2D eigenvalue weighted by molar-refractivity contribution is 5.95. The van der Waals surface area contributed by atoms with E-state index in [1.165, 1.54) is 11.1 Å². The zero-order chi connectivity index (χ0) is 23.3. The molecule has 1 amide bonds. The molecule has 5 rings (SSSR count). The Bertz CT molecular complexity index is 1280. The highest BCUT2D eigenvalue weighted by atomic mass is 19.1. The standard InChI is InChI=1S/C26H23F2N3O2/c1-2-3-13-4-6-16-18(8-13)24-19-9-14(5-7-17(19)23(16)33-24)26(32)31-12-20-21(27)10-15(25(29)30)11-22(20)28/h4-11,23-24H,2-3,12H2,1H3,(H3,29,30)(H,31,32)/t23-,24+/m0/s1.